The van der Waals surface area contributed by atoms with Gasteiger partial charge in [0.1, 0.15) is 5.75 Å². The highest BCUT2D eigenvalue weighted by molar-refractivity contribution is 9.10. The van der Waals surface area contributed by atoms with Crippen molar-refractivity contribution in [3.63, 3.8) is 0 Å². The number of rotatable bonds is 5. The normalized spacial score (nSPS) is 11.8. The second kappa shape index (κ2) is 6.72. The van der Waals surface area contributed by atoms with Gasteiger partial charge in [0.2, 0.25) is 5.78 Å². The molecule has 0 amide bonds. The average molecular weight is 353 g/mol. The van der Waals surface area contributed by atoms with Crippen LogP contribution in [0.2, 0.25) is 0 Å². The van der Waals surface area contributed by atoms with E-state index in [1.165, 1.54) is 12.1 Å². The number of benzene rings is 2. The number of ether oxygens (including phenoxy) is 2. The maximum Gasteiger partial charge on any atom is 0.202 e. The third-order valence-electron chi connectivity index (χ3n) is 2.94. The Hall–Kier alpha value is -1.88. The first kappa shape index (κ1) is 15.5. The van der Waals surface area contributed by atoms with Crippen molar-refractivity contribution in [3.8, 4) is 11.5 Å². The topological polar surface area (TPSA) is 35.5 Å². The largest absolute Gasteiger partial charge is 0.497 e. The Balaban J connectivity index is 2.13. The Kier molecular flexibility index (Phi) is 4.96. The van der Waals surface area contributed by atoms with Crippen LogP contribution in [0.25, 0.3) is 0 Å². The fourth-order valence-corrected chi connectivity index (χ4v) is 2.14. The number of carbonyl (C=O) groups is 1. The lowest BCUT2D eigenvalue weighted by atomic mass is 10.1. The van der Waals surface area contributed by atoms with Crippen LogP contribution in [0.5, 0.6) is 11.5 Å². The highest BCUT2D eigenvalue weighted by Crippen LogP contribution is 2.24. The fourth-order valence-electron chi connectivity index (χ4n) is 1.80. The van der Waals surface area contributed by atoms with Crippen LogP contribution >= 0.6 is 15.9 Å². The Labute approximate surface area is 130 Å². The quantitative estimate of drug-likeness (QED) is 0.754. The number of hydrogen-bond acceptors (Lipinski definition) is 3. The summed E-state index contributed by atoms with van der Waals surface area (Å²) in [5, 5.41) is 0. The third kappa shape index (κ3) is 3.82. The molecule has 0 fully saturated rings. The highest BCUT2D eigenvalue weighted by Gasteiger charge is 2.18. The van der Waals surface area contributed by atoms with E-state index in [-0.39, 0.29) is 11.5 Å². The van der Waals surface area contributed by atoms with Crippen molar-refractivity contribution in [2.75, 3.05) is 7.11 Å². The summed E-state index contributed by atoms with van der Waals surface area (Å²) in [6.07, 6.45) is -0.790. The van der Waals surface area contributed by atoms with Gasteiger partial charge in [0, 0.05) is 10.0 Å². The highest BCUT2D eigenvalue weighted by atomic mass is 79.9. The van der Waals surface area contributed by atoms with Gasteiger partial charge in [-0.2, -0.15) is 0 Å². The van der Waals surface area contributed by atoms with Gasteiger partial charge in [-0.15, -0.1) is 0 Å². The summed E-state index contributed by atoms with van der Waals surface area (Å²) in [6, 6.07) is 11.0. The van der Waals surface area contributed by atoms with Crippen molar-refractivity contribution >= 4 is 21.7 Å². The minimum absolute atomic E-state index is 0.0405. The summed E-state index contributed by atoms with van der Waals surface area (Å²) in [7, 11) is 1.55. The molecule has 21 heavy (non-hydrogen) atoms. The first-order chi connectivity index (χ1) is 10.0. The SMILES string of the molecule is COc1ccc(C(=O)C(C)Oc2cc(Br)ccc2F)cc1. The fraction of sp³-hybridized carbons (Fsp3) is 0.188. The monoisotopic (exact) mass is 352 g/mol. The molecular weight excluding hydrogens is 339 g/mol. The van der Waals surface area contributed by atoms with Gasteiger partial charge in [-0.1, -0.05) is 15.9 Å². The van der Waals surface area contributed by atoms with E-state index in [1.807, 2.05) is 0 Å². The van der Waals surface area contributed by atoms with Gasteiger partial charge in [-0.05, 0) is 49.4 Å². The summed E-state index contributed by atoms with van der Waals surface area (Å²) in [5.74, 6) is -0.0264. The molecule has 2 aromatic rings. The lowest BCUT2D eigenvalue weighted by Crippen LogP contribution is -2.24. The molecule has 0 heterocycles. The van der Waals surface area contributed by atoms with Crippen molar-refractivity contribution in [2.45, 2.75) is 13.0 Å². The molecule has 0 aliphatic rings. The van der Waals surface area contributed by atoms with Crippen LogP contribution in [0.1, 0.15) is 17.3 Å². The zero-order valence-electron chi connectivity index (χ0n) is 11.6. The number of Topliss-reactive ketones (excluding diaryl/α,β-unsaturated/α-hetero) is 1. The zero-order valence-corrected chi connectivity index (χ0v) is 13.2. The van der Waals surface area contributed by atoms with Crippen LogP contribution in [0.4, 0.5) is 4.39 Å². The average Bonchev–Trinajstić information content (AvgIpc) is 2.50. The van der Waals surface area contributed by atoms with E-state index in [4.69, 9.17) is 9.47 Å². The molecule has 3 nitrogen and oxygen atoms in total. The summed E-state index contributed by atoms with van der Waals surface area (Å²) < 4.78 is 24.8. The zero-order chi connectivity index (χ0) is 15.4. The first-order valence-electron chi connectivity index (χ1n) is 6.31. The molecule has 0 radical (unpaired) electrons. The standard InChI is InChI=1S/C16H14BrFO3/c1-10(21-15-9-12(17)5-8-14(15)18)16(19)11-3-6-13(20-2)7-4-11/h3-10H,1-2H3. The Bertz CT molecular complexity index is 640. The van der Waals surface area contributed by atoms with Crippen molar-refractivity contribution in [1.29, 1.82) is 0 Å². The predicted molar refractivity (Wildman–Crippen MR) is 81.5 cm³/mol. The second-order valence-electron chi connectivity index (χ2n) is 4.43. The smallest absolute Gasteiger partial charge is 0.202 e. The van der Waals surface area contributed by atoms with Gasteiger partial charge in [-0.25, -0.2) is 4.39 Å². The maximum absolute atomic E-state index is 13.6. The van der Waals surface area contributed by atoms with Gasteiger partial charge < -0.3 is 9.47 Å². The van der Waals surface area contributed by atoms with Crippen molar-refractivity contribution in [2.24, 2.45) is 0 Å². The molecule has 0 aromatic heterocycles. The van der Waals surface area contributed by atoms with E-state index in [0.717, 1.165) is 0 Å². The Morgan fingerprint density at radius 3 is 2.48 bits per heavy atom. The molecule has 1 unspecified atom stereocenters. The van der Waals surface area contributed by atoms with Crippen molar-refractivity contribution < 1.29 is 18.7 Å². The number of ketones is 1. The molecule has 0 N–H and O–H groups in total. The number of methoxy groups -OCH3 is 1. The predicted octanol–water partition coefficient (Wildman–Crippen LogP) is 4.25. The van der Waals surface area contributed by atoms with Gasteiger partial charge in [-0.3, -0.25) is 4.79 Å². The molecule has 2 aromatic carbocycles. The molecule has 0 aliphatic heterocycles. The van der Waals surface area contributed by atoms with E-state index in [0.29, 0.717) is 15.8 Å². The summed E-state index contributed by atoms with van der Waals surface area (Å²) >= 11 is 3.24. The van der Waals surface area contributed by atoms with Gasteiger partial charge in [0.25, 0.3) is 0 Å². The number of carbonyl (C=O) groups excluding carboxylic acids is 1. The third-order valence-corrected chi connectivity index (χ3v) is 3.43. The van der Waals surface area contributed by atoms with E-state index in [1.54, 1.807) is 44.4 Å². The molecule has 0 aliphatic carbocycles. The summed E-state index contributed by atoms with van der Waals surface area (Å²) in [5.41, 5.74) is 0.485. The van der Waals surface area contributed by atoms with Crippen LogP contribution in [0, 0.1) is 5.82 Å². The molecule has 1 atom stereocenters. The Morgan fingerprint density at radius 1 is 1.19 bits per heavy atom. The molecule has 0 spiro atoms. The molecule has 110 valence electrons. The van der Waals surface area contributed by atoms with Gasteiger partial charge >= 0.3 is 0 Å². The minimum atomic E-state index is -0.790. The lowest BCUT2D eigenvalue weighted by molar-refractivity contribution is 0.0812. The molecular formula is C16H14BrFO3. The van der Waals surface area contributed by atoms with Crippen molar-refractivity contribution in [3.05, 3.63) is 58.3 Å². The van der Waals surface area contributed by atoms with Gasteiger partial charge in [0.15, 0.2) is 17.7 Å². The van der Waals surface area contributed by atoms with Crippen LogP contribution in [-0.4, -0.2) is 19.0 Å². The summed E-state index contributed by atoms with van der Waals surface area (Å²) in [6.45, 7) is 1.59. The van der Waals surface area contributed by atoms with Crippen LogP contribution in [-0.2, 0) is 0 Å². The maximum atomic E-state index is 13.6. The van der Waals surface area contributed by atoms with Crippen LogP contribution in [0.3, 0.4) is 0 Å². The number of halogens is 2. The van der Waals surface area contributed by atoms with E-state index < -0.39 is 11.9 Å². The second-order valence-corrected chi connectivity index (χ2v) is 5.34. The summed E-state index contributed by atoms with van der Waals surface area (Å²) in [4.78, 5) is 12.2. The van der Waals surface area contributed by atoms with Gasteiger partial charge in [0.05, 0.1) is 7.11 Å². The molecule has 0 saturated heterocycles. The Morgan fingerprint density at radius 2 is 1.86 bits per heavy atom. The van der Waals surface area contributed by atoms with Crippen LogP contribution < -0.4 is 9.47 Å². The molecule has 2 rings (SSSR count). The van der Waals surface area contributed by atoms with E-state index in [2.05, 4.69) is 15.9 Å². The van der Waals surface area contributed by atoms with Crippen molar-refractivity contribution in [1.82, 2.24) is 0 Å². The molecule has 0 saturated carbocycles. The molecule has 5 heteroatoms. The van der Waals surface area contributed by atoms with Crippen LogP contribution in [0.15, 0.2) is 46.9 Å². The first-order valence-corrected chi connectivity index (χ1v) is 7.10. The van der Waals surface area contributed by atoms with E-state index in [9.17, 15) is 9.18 Å². The minimum Gasteiger partial charge on any atom is -0.497 e. The lowest BCUT2D eigenvalue weighted by Gasteiger charge is -2.14. The number of hydrogen-bond donors (Lipinski definition) is 0. The van der Waals surface area contributed by atoms with E-state index >= 15 is 0 Å². The molecule has 0 bridgehead atoms.